The number of aliphatic hydroxyl groups excluding tert-OH is 5. The van der Waals surface area contributed by atoms with Gasteiger partial charge >= 0.3 is 0 Å². The highest BCUT2D eigenvalue weighted by molar-refractivity contribution is 4.83. The summed E-state index contributed by atoms with van der Waals surface area (Å²) in [6.45, 7) is -0.792. The molecule has 0 heterocycles. The molecule has 1 aliphatic carbocycles. The molecule has 0 amide bonds. The Hall–Kier alpha value is -0.240. The minimum Gasteiger partial charge on any atom is -0.394 e. The van der Waals surface area contributed by atoms with Crippen molar-refractivity contribution in [3.63, 3.8) is 0 Å². The van der Waals surface area contributed by atoms with Crippen molar-refractivity contribution in [2.45, 2.75) is 62.6 Å². The molecule has 0 aromatic rings. The van der Waals surface area contributed by atoms with Gasteiger partial charge in [-0.1, -0.05) is 19.3 Å². The zero-order chi connectivity index (χ0) is 14.4. The maximum Gasteiger partial charge on any atom is 0.123 e. The lowest BCUT2D eigenvalue weighted by atomic mass is 9.95. The van der Waals surface area contributed by atoms with E-state index in [0.717, 1.165) is 32.1 Å². The Balaban J connectivity index is 2.41. The van der Waals surface area contributed by atoms with Crippen molar-refractivity contribution in [2.24, 2.45) is 0 Å². The molecule has 0 aromatic carbocycles. The first-order chi connectivity index (χ1) is 8.97. The van der Waals surface area contributed by atoms with Crippen LogP contribution in [0, 0.1) is 0 Å². The summed E-state index contributed by atoms with van der Waals surface area (Å²) in [5, 5.41) is 48.0. The fourth-order valence-electron chi connectivity index (χ4n) is 2.19. The van der Waals surface area contributed by atoms with Gasteiger partial charge in [-0.05, 0) is 12.8 Å². The van der Waals surface area contributed by atoms with E-state index in [9.17, 15) is 20.4 Å². The molecule has 1 rings (SSSR count). The number of rotatable bonds is 7. The fourth-order valence-corrected chi connectivity index (χ4v) is 2.19. The average Bonchev–Trinajstić information content (AvgIpc) is 2.45. The number of nitrogens with one attached hydrogen (secondary N) is 1. The standard InChI is InChI=1S/C12H25NO5/c14-7-10(16)12(18)11(17)9(15)6-13-8-4-2-1-3-5-8/h8-18H,1-7H2/t9-,10+,11+,12+/m0/s1/i/hD. The first-order valence-electron chi connectivity index (χ1n) is 7.00. The molecule has 18 heavy (non-hydrogen) atoms. The Morgan fingerprint density at radius 2 is 1.56 bits per heavy atom. The molecule has 1 aliphatic rings. The minimum absolute atomic E-state index is 0.0653. The summed E-state index contributed by atoms with van der Waals surface area (Å²) in [6.07, 6.45) is -0.971. The average molecular weight is 264 g/mol. The molecule has 0 saturated heterocycles. The van der Waals surface area contributed by atoms with Gasteiger partial charge in [-0.3, -0.25) is 0 Å². The molecule has 1 saturated carbocycles. The molecule has 4 atom stereocenters. The molecule has 0 radical (unpaired) electrons. The summed E-state index contributed by atoms with van der Waals surface area (Å²) >= 11 is 0. The zero-order valence-corrected chi connectivity index (χ0v) is 10.5. The number of aliphatic hydroxyl groups is 5. The molecule has 0 unspecified atom stereocenters. The van der Waals surface area contributed by atoms with E-state index >= 15 is 0 Å². The third kappa shape index (κ3) is 4.79. The van der Waals surface area contributed by atoms with E-state index in [4.69, 9.17) is 6.52 Å². The van der Waals surface area contributed by atoms with Crippen LogP contribution in [-0.4, -0.2) is 69.1 Å². The van der Waals surface area contributed by atoms with Gasteiger partial charge < -0.3 is 30.8 Å². The third-order valence-electron chi connectivity index (χ3n) is 3.45. The molecule has 6 nitrogen and oxygen atoms in total. The lowest BCUT2D eigenvalue weighted by Crippen LogP contribution is -2.50. The van der Waals surface area contributed by atoms with Crippen molar-refractivity contribution in [3.05, 3.63) is 0 Å². The van der Waals surface area contributed by atoms with Crippen molar-refractivity contribution in [1.29, 1.82) is 0 Å². The van der Waals surface area contributed by atoms with Gasteiger partial charge in [0, 0.05) is 12.6 Å². The molecule has 108 valence electrons. The van der Waals surface area contributed by atoms with Crippen LogP contribution in [0.5, 0.6) is 0 Å². The van der Waals surface area contributed by atoms with Crippen molar-refractivity contribution < 1.29 is 26.9 Å². The van der Waals surface area contributed by atoms with Crippen LogP contribution in [0.25, 0.3) is 0 Å². The van der Waals surface area contributed by atoms with E-state index in [1.807, 2.05) is 0 Å². The van der Waals surface area contributed by atoms with Gasteiger partial charge in [0.2, 0.25) is 0 Å². The number of hydrogen-bond acceptors (Lipinski definition) is 6. The van der Waals surface area contributed by atoms with Crippen LogP contribution in [-0.2, 0) is 0 Å². The van der Waals surface area contributed by atoms with Crippen LogP contribution in [0.15, 0.2) is 0 Å². The van der Waals surface area contributed by atoms with Gasteiger partial charge in [0.05, 0.1) is 12.7 Å². The van der Waals surface area contributed by atoms with Crippen LogP contribution in [0.3, 0.4) is 0 Å². The molecule has 0 spiro atoms. The van der Waals surface area contributed by atoms with Gasteiger partial charge in [0.25, 0.3) is 0 Å². The molecule has 0 aliphatic heterocycles. The topological polar surface area (TPSA) is 113 Å². The van der Waals surface area contributed by atoms with E-state index in [0.29, 0.717) is 0 Å². The molecule has 0 bridgehead atoms. The predicted molar refractivity (Wildman–Crippen MR) is 66.0 cm³/mol. The van der Waals surface area contributed by atoms with Crippen molar-refractivity contribution in [2.75, 3.05) is 13.2 Å². The first kappa shape index (κ1) is 14.2. The number of hydrogen-bond donors (Lipinski definition) is 6. The molecule has 1 fully saturated rings. The lowest BCUT2D eigenvalue weighted by molar-refractivity contribution is -0.114. The van der Waals surface area contributed by atoms with Crippen LogP contribution >= 0.6 is 0 Å². The van der Waals surface area contributed by atoms with Crippen LogP contribution in [0.2, 0.25) is 1.41 Å². The van der Waals surface area contributed by atoms with Gasteiger partial charge in [0.15, 0.2) is 0 Å². The Bertz CT molecular complexity index is 252. The molecular weight excluding hydrogens is 238 g/mol. The summed E-state index contributed by atoms with van der Waals surface area (Å²) in [7, 11) is 0. The summed E-state index contributed by atoms with van der Waals surface area (Å²) in [6, 6.07) is 0.0653. The first-order valence-corrected chi connectivity index (χ1v) is 6.56. The van der Waals surface area contributed by atoms with Gasteiger partial charge in [-0.25, -0.2) is 0 Å². The lowest BCUT2D eigenvalue weighted by Gasteiger charge is -2.28. The summed E-state index contributed by atoms with van der Waals surface area (Å²) in [4.78, 5) is 0. The van der Waals surface area contributed by atoms with E-state index in [-0.39, 0.29) is 12.6 Å². The Morgan fingerprint density at radius 3 is 2.11 bits per heavy atom. The Labute approximate surface area is 109 Å². The largest absolute Gasteiger partial charge is 0.394 e. The van der Waals surface area contributed by atoms with Crippen molar-refractivity contribution in [1.82, 2.24) is 5.31 Å². The SMILES string of the molecule is [2H]N(C[C@H](O)[C@@H](O)[C@H](O)[C@H](O)CO)C1CCCCC1. The third-order valence-corrected chi connectivity index (χ3v) is 3.45. The maximum atomic E-state index is 9.77. The van der Waals surface area contributed by atoms with E-state index in [1.165, 1.54) is 5.31 Å². The molecule has 6 N–H and O–H groups in total. The Kier molecular flexibility index (Phi) is 6.33. The van der Waals surface area contributed by atoms with E-state index in [1.54, 1.807) is 0 Å². The highest BCUT2D eigenvalue weighted by Gasteiger charge is 2.30. The smallest absolute Gasteiger partial charge is 0.123 e. The minimum atomic E-state index is -1.63. The predicted octanol–water partition coefficient (Wildman–Crippen LogP) is -1.66. The molecular formula is C12H25NO5. The van der Waals surface area contributed by atoms with Crippen LogP contribution < -0.4 is 5.31 Å². The van der Waals surface area contributed by atoms with Crippen LogP contribution in [0.1, 0.15) is 32.1 Å². The summed E-state index contributed by atoms with van der Waals surface area (Å²) < 4.78 is 7.85. The monoisotopic (exact) mass is 264 g/mol. The second-order valence-corrected chi connectivity index (χ2v) is 4.96. The summed E-state index contributed by atoms with van der Waals surface area (Å²) in [5.41, 5.74) is 0. The second-order valence-electron chi connectivity index (χ2n) is 4.96. The van der Waals surface area contributed by atoms with Crippen molar-refractivity contribution in [3.8, 4) is 0 Å². The van der Waals surface area contributed by atoms with E-state index < -0.39 is 31.0 Å². The second kappa shape index (κ2) is 8.04. The maximum absolute atomic E-state index is 9.77. The highest BCUT2D eigenvalue weighted by Crippen LogP contribution is 2.17. The van der Waals surface area contributed by atoms with Gasteiger partial charge in [0.1, 0.15) is 19.7 Å². The molecule has 0 aromatic heterocycles. The van der Waals surface area contributed by atoms with Gasteiger partial charge in [-0.15, -0.1) is 0 Å². The normalized spacial score (nSPS) is 25.6. The molecule has 6 heteroatoms. The zero-order valence-electron chi connectivity index (χ0n) is 11.5. The quantitative estimate of drug-likeness (QED) is 0.328. The Morgan fingerprint density at radius 1 is 1.00 bits per heavy atom. The van der Waals surface area contributed by atoms with Crippen molar-refractivity contribution >= 4 is 0 Å². The highest BCUT2D eigenvalue weighted by atomic mass is 16.4. The van der Waals surface area contributed by atoms with Gasteiger partial charge in [-0.2, -0.15) is 0 Å². The van der Waals surface area contributed by atoms with E-state index in [2.05, 4.69) is 0 Å². The summed E-state index contributed by atoms with van der Waals surface area (Å²) in [5.74, 6) is 0. The fraction of sp³-hybridized carbons (Fsp3) is 1.00. The van der Waals surface area contributed by atoms with Crippen LogP contribution in [0.4, 0.5) is 0 Å².